The van der Waals surface area contributed by atoms with Crippen LogP contribution in [0.15, 0.2) is 72.8 Å². The molecule has 0 spiro atoms. The topological polar surface area (TPSA) is 121 Å². The Morgan fingerprint density at radius 1 is 1.02 bits per heavy atom. The molecule has 12 heteroatoms. The number of benzene rings is 3. The van der Waals surface area contributed by atoms with Crippen LogP contribution < -0.4 is 14.8 Å². The number of nitrogens with zero attached hydrogens (tertiary/aromatic N) is 5. The molecule has 0 unspecified atom stereocenters. The van der Waals surface area contributed by atoms with Crippen LogP contribution in [0.4, 0.5) is 4.39 Å². The van der Waals surface area contributed by atoms with Gasteiger partial charge in [0.05, 0.1) is 20.3 Å². The molecule has 1 aliphatic rings. The zero-order valence-electron chi connectivity index (χ0n) is 24.0. The number of tetrazole rings is 1. The van der Waals surface area contributed by atoms with Crippen LogP contribution in [0.2, 0.25) is 0 Å². The van der Waals surface area contributed by atoms with Gasteiger partial charge in [-0.25, -0.2) is 4.39 Å². The minimum atomic E-state index is -1.07. The first-order chi connectivity index (χ1) is 20.9. The molecule has 2 heterocycles. The summed E-state index contributed by atoms with van der Waals surface area (Å²) < 4.78 is 30.1. The molecule has 5 rings (SSSR count). The van der Waals surface area contributed by atoms with Gasteiger partial charge in [0.1, 0.15) is 29.9 Å². The number of hydrogen-bond donors (Lipinski definition) is 1. The summed E-state index contributed by atoms with van der Waals surface area (Å²) in [5.41, 5.74) is 1.92. The van der Waals surface area contributed by atoms with Gasteiger partial charge in [0.25, 0.3) is 0 Å². The molecule has 11 nitrogen and oxygen atoms in total. The lowest BCUT2D eigenvalue weighted by atomic mass is 10.0. The maximum absolute atomic E-state index is 14.0. The van der Waals surface area contributed by atoms with Crippen LogP contribution >= 0.6 is 0 Å². The van der Waals surface area contributed by atoms with Crippen LogP contribution in [-0.4, -0.2) is 70.4 Å². The summed E-state index contributed by atoms with van der Waals surface area (Å²) in [6.07, 6.45) is 1.66. The third kappa shape index (κ3) is 7.52. The minimum Gasteiger partial charge on any atom is -0.497 e. The average Bonchev–Trinajstić information content (AvgIpc) is 3.73. The van der Waals surface area contributed by atoms with Crippen molar-refractivity contribution >= 4 is 11.8 Å². The number of nitrogens with one attached hydrogen (secondary N) is 1. The van der Waals surface area contributed by atoms with E-state index in [1.54, 1.807) is 50.6 Å². The predicted octanol–water partition coefficient (Wildman–Crippen LogP) is 3.56. The Balaban J connectivity index is 1.44. The highest BCUT2D eigenvalue weighted by atomic mass is 19.1. The summed E-state index contributed by atoms with van der Waals surface area (Å²) in [5, 5.41) is 15.5. The first-order valence-electron chi connectivity index (χ1n) is 13.9. The fourth-order valence-corrected chi connectivity index (χ4v) is 4.86. The Kier molecular flexibility index (Phi) is 9.57. The zero-order valence-corrected chi connectivity index (χ0v) is 24.0. The Morgan fingerprint density at radius 2 is 1.70 bits per heavy atom. The number of hydrogen-bond acceptors (Lipinski definition) is 8. The fraction of sp³-hybridized carbons (Fsp3) is 0.323. The number of halogens is 1. The summed E-state index contributed by atoms with van der Waals surface area (Å²) in [6, 6.07) is 18.8. The molecular weight excluding hydrogens is 555 g/mol. The summed E-state index contributed by atoms with van der Waals surface area (Å²) in [6.45, 7) is 0.749. The number of carbonyl (C=O) groups excluding carboxylic acids is 2. The maximum Gasteiger partial charge on any atom is 0.247 e. The molecule has 1 N–H and O–H groups in total. The van der Waals surface area contributed by atoms with E-state index in [4.69, 9.17) is 14.2 Å². The second-order valence-electron chi connectivity index (χ2n) is 10.1. The largest absolute Gasteiger partial charge is 0.497 e. The van der Waals surface area contributed by atoms with Crippen LogP contribution in [0.3, 0.4) is 0 Å². The van der Waals surface area contributed by atoms with Gasteiger partial charge in [-0.3, -0.25) is 9.59 Å². The van der Waals surface area contributed by atoms with Gasteiger partial charge < -0.3 is 24.4 Å². The molecule has 1 aliphatic heterocycles. The van der Waals surface area contributed by atoms with Gasteiger partial charge in [-0.05, 0) is 77.7 Å². The predicted molar refractivity (Wildman–Crippen MR) is 154 cm³/mol. The normalized spacial score (nSPS) is 15.1. The van der Waals surface area contributed by atoms with Crippen molar-refractivity contribution in [3.8, 4) is 22.9 Å². The van der Waals surface area contributed by atoms with E-state index in [0.29, 0.717) is 41.6 Å². The third-order valence-corrected chi connectivity index (χ3v) is 7.18. The van der Waals surface area contributed by atoms with Crippen LogP contribution in [0, 0.1) is 5.82 Å². The number of methoxy groups -OCH3 is 2. The number of amides is 2. The second kappa shape index (κ2) is 13.9. The molecule has 1 saturated heterocycles. The van der Waals surface area contributed by atoms with Crippen LogP contribution in [-0.2, 0) is 27.4 Å². The van der Waals surface area contributed by atoms with Crippen molar-refractivity contribution in [2.24, 2.45) is 0 Å². The first-order valence-corrected chi connectivity index (χ1v) is 13.9. The Hall–Kier alpha value is -4.84. The molecule has 2 atom stereocenters. The van der Waals surface area contributed by atoms with Gasteiger partial charge in [0.15, 0.2) is 0 Å². The van der Waals surface area contributed by atoms with E-state index in [-0.39, 0.29) is 19.2 Å². The van der Waals surface area contributed by atoms with Crippen molar-refractivity contribution in [1.29, 1.82) is 0 Å². The molecule has 3 aromatic carbocycles. The van der Waals surface area contributed by atoms with Gasteiger partial charge in [-0.2, -0.15) is 4.80 Å². The molecule has 43 heavy (non-hydrogen) atoms. The van der Waals surface area contributed by atoms with Gasteiger partial charge in [-0.1, -0.05) is 24.3 Å². The Morgan fingerprint density at radius 3 is 2.33 bits per heavy atom. The molecule has 1 fully saturated rings. The van der Waals surface area contributed by atoms with Crippen LogP contribution in [0.1, 0.15) is 30.0 Å². The molecule has 224 valence electrons. The number of carbonyl (C=O) groups is 2. The van der Waals surface area contributed by atoms with Crippen molar-refractivity contribution in [2.45, 2.75) is 38.1 Å². The molecule has 1 aromatic heterocycles. The molecule has 0 bridgehead atoms. The van der Waals surface area contributed by atoms with Crippen molar-refractivity contribution in [3.63, 3.8) is 0 Å². The lowest BCUT2D eigenvalue weighted by Crippen LogP contribution is -2.46. The lowest BCUT2D eigenvalue weighted by Gasteiger charge is -2.31. The monoisotopic (exact) mass is 588 g/mol. The van der Waals surface area contributed by atoms with Crippen LogP contribution in [0.5, 0.6) is 11.5 Å². The van der Waals surface area contributed by atoms with E-state index < -0.39 is 23.7 Å². The van der Waals surface area contributed by atoms with E-state index in [1.807, 2.05) is 12.1 Å². The summed E-state index contributed by atoms with van der Waals surface area (Å²) >= 11 is 0. The van der Waals surface area contributed by atoms with Crippen molar-refractivity contribution in [3.05, 3.63) is 89.7 Å². The summed E-state index contributed by atoms with van der Waals surface area (Å²) in [5.74, 6) is 0.384. The highest BCUT2D eigenvalue weighted by Gasteiger charge is 2.33. The molecule has 4 aromatic rings. The highest BCUT2D eigenvalue weighted by molar-refractivity contribution is 5.88. The molecule has 0 aliphatic carbocycles. The maximum atomic E-state index is 14.0. The molecular formula is C31H33FN6O5. The minimum absolute atomic E-state index is 0.0816. The van der Waals surface area contributed by atoms with Gasteiger partial charge in [-0.15, -0.1) is 10.2 Å². The van der Waals surface area contributed by atoms with E-state index >= 15 is 0 Å². The Bertz CT molecular complexity index is 1510. The Labute approximate surface area is 248 Å². The molecule has 0 saturated carbocycles. The average molecular weight is 589 g/mol. The van der Waals surface area contributed by atoms with Gasteiger partial charge >= 0.3 is 0 Å². The molecule has 2 amide bonds. The van der Waals surface area contributed by atoms with E-state index in [1.165, 1.54) is 34.0 Å². The summed E-state index contributed by atoms with van der Waals surface area (Å²) in [4.78, 5) is 30.4. The zero-order chi connectivity index (χ0) is 30.2. The fourth-order valence-electron chi connectivity index (χ4n) is 4.86. The number of ether oxygens (including phenoxy) is 3. The SMILES string of the molecule is COc1ccc(CN(C(=O)Cn2nnc(-c3ccc(OC)cc3)n2)[C@H](C(=O)NC[C@@H]2CCCO2)c2ccc(F)cc2)cc1. The van der Waals surface area contributed by atoms with Gasteiger partial charge in [0, 0.05) is 25.3 Å². The van der Waals surface area contributed by atoms with Crippen molar-refractivity contribution in [1.82, 2.24) is 30.4 Å². The van der Waals surface area contributed by atoms with E-state index in [0.717, 1.165) is 18.4 Å². The number of rotatable bonds is 12. The van der Waals surface area contributed by atoms with Crippen molar-refractivity contribution in [2.75, 3.05) is 27.4 Å². The number of aromatic nitrogens is 4. The third-order valence-electron chi connectivity index (χ3n) is 7.18. The standard InChI is InChI=1S/C31H33FN6O5/c1-41-25-13-5-21(6-14-25)19-37(28(39)20-38-35-30(34-36-38)23-9-15-26(42-2)16-10-23)29(22-7-11-24(32)12-8-22)31(40)33-18-27-4-3-17-43-27/h5-16,27,29H,3-4,17-20H2,1-2H3,(H,33,40)/t27-,29-/m0/s1. The second-order valence-corrected chi connectivity index (χ2v) is 10.1. The quantitative estimate of drug-likeness (QED) is 0.267. The lowest BCUT2D eigenvalue weighted by molar-refractivity contribution is -0.142. The molecule has 0 radical (unpaired) electrons. The summed E-state index contributed by atoms with van der Waals surface area (Å²) in [7, 11) is 3.15. The van der Waals surface area contributed by atoms with Crippen LogP contribution in [0.25, 0.3) is 11.4 Å². The van der Waals surface area contributed by atoms with E-state index in [2.05, 4.69) is 20.7 Å². The first kappa shape index (κ1) is 29.6. The highest BCUT2D eigenvalue weighted by Crippen LogP contribution is 2.26. The van der Waals surface area contributed by atoms with E-state index in [9.17, 15) is 14.0 Å². The van der Waals surface area contributed by atoms with Crippen molar-refractivity contribution < 1.29 is 28.2 Å². The van der Waals surface area contributed by atoms with Gasteiger partial charge in [0.2, 0.25) is 17.6 Å². The smallest absolute Gasteiger partial charge is 0.247 e.